The molecule has 2 aromatic carbocycles. The van der Waals surface area contributed by atoms with E-state index in [-0.39, 0.29) is 12.5 Å². The number of benzene rings is 2. The largest absolute Gasteiger partial charge is 0.497 e. The van der Waals surface area contributed by atoms with E-state index in [2.05, 4.69) is 26.1 Å². The highest BCUT2D eigenvalue weighted by atomic mass is 79.9. The highest BCUT2D eigenvalue weighted by Gasteiger charge is 2.13. The SMILES string of the molecule is COc1cccc(-c2noc(COC(=O)c3ccc(Br)cc3)n2)c1. The molecule has 0 fully saturated rings. The molecular formula is C17H13BrN2O4. The van der Waals surface area contributed by atoms with Gasteiger partial charge in [-0.3, -0.25) is 0 Å². The summed E-state index contributed by atoms with van der Waals surface area (Å²) in [4.78, 5) is 16.2. The number of methoxy groups -OCH3 is 1. The van der Waals surface area contributed by atoms with E-state index in [9.17, 15) is 4.79 Å². The summed E-state index contributed by atoms with van der Waals surface area (Å²) in [6.45, 7) is -0.0914. The molecule has 0 spiro atoms. The maximum atomic E-state index is 11.9. The zero-order valence-electron chi connectivity index (χ0n) is 12.7. The summed E-state index contributed by atoms with van der Waals surface area (Å²) < 4.78 is 16.3. The van der Waals surface area contributed by atoms with Crippen molar-refractivity contribution in [1.29, 1.82) is 0 Å². The van der Waals surface area contributed by atoms with Crippen molar-refractivity contribution in [3.8, 4) is 17.1 Å². The van der Waals surface area contributed by atoms with Crippen LogP contribution in [0.4, 0.5) is 0 Å². The minimum absolute atomic E-state index is 0.0914. The van der Waals surface area contributed by atoms with Crippen molar-refractivity contribution in [2.75, 3.05) is 7.11 Å². The van der Waals surface area contributed by atoms with Gasteiger partial charge in [-0.2, -0.15) is 4.98 Å². The number of halogens is 1. The molecule has 0 aliphatic heterocycles. The summed E-state index contributed by atoms with van der Waals surface area (Å²) in [6.07, 6.45) is 0. The van der Waals surface area contributed by atoms with E-state index in [0.29, 0.717) is 17.1 Å². The first-order valence-corrected chi connectivity index (χ1v) is 7.85. The van der Waals surface area contributed by atoms with Crippen LogP contribution in [0.1, 0.15) is 16.2 Å². The maximum Gasteiger partial charge on any atom is 0.338 e. The first kappa shape index (κ1) is 16.2. The normalized spacial score (nSPS) is 10.4. The van der Waals surface area contributed by atoms with E-state index < -0.39 is 5.97 Å². The molecule has 0 N–H and O–H groups in total. The Morgan fingerprint density at radius 2 is 2.00 bits per heavy atom. The van der Waals surface area contributed by atoms with Crippen molar-refractivity contribution in [2.45, 2.75) is 6.61 Å². The van der Waals surface area contributed by atoms with E-state index in [1.807, 2.05) is 18.2 Å². The lowest BCUT2D eigenvalue weighted by Gasteiger charge is -2.01. The first-order valence-electron chi connectivity index (χ1n) is 7.05. The molecule has 0 unspecified atom stereocenters. The predicted molar refractivity (Wildman–Crippen MR) is 89.5 cm³/mol. The maximum absolute atomic E-state index is 11.9. The van der Waals surface area contributed by atoms with E-state index in [1.54, 1.807) is 37.4 Å². The smallest absolute Gasteiger partial charge is 0.338 e. The fraction of sp³-hybridized carbons (Fsp3) is 0.118. The van der Waals surface area contributed by atoms with Crippen LogP contribution in [0.15, 0.2) is 57.5 Å². The second-order valence-corrected chi connectivity index (χ2v) is 5.74. The van der Waals surface area contributed by atoms with Gasteiger partial charge in [0, 0.05) is 10.0 Å². The fourth-order valence-electron chi connectivity index (χ4n) is 1.99. The third-order valence-corrected chi connectivity index (χ3v) is 3.73. The van der Waals surface area contributed by atoms with Gasteiger partial charge in [0.1, 0.15) is 5.75 Å². The van der Waals surface area contributed by atoms with Crippen molar-refractivity contribution in [3.05, 3.63) is 64.5 Å². The average Bonchev–Trinajstić information content (AvgIpc) is 3.09. The number of hydrogen-bond acceptors (Lipinski definition) is 6. The topological polar surface area (TPSA) is 74.5 Å². The number of hydrogen-bond donors (Lipinski definition) is 0. The third-order valence-electron chi connectivity index (χ3n) is 3.20. The molecule has 0 amide bonds. The van der Waals surface area contributed by atoms with Crippen molar-refractivity contribution < 1.29 is 18.8 Å². The zero-order valence-corrected chi connectivity index (χ0v) is 14.3. The van der Waals surface area contributed by atoms with Gasteiger partial charge in [0.2, 0.25) is 5.82 Å². The Hall–Kier alpha value is -2.67. The van der Waals surface area contributed by atoms with Crippen molar-refractivity contribution in [2.24, 2.45) is 0 Å². The molecule has 6 nitrogen and oxygen atoms in total. The molecule has 3 rings (SSSR count). The minimum atomic E-state index is -0.455. The van der Waals surface area contributed by atoms with E-state index in [0.717, 1.165) is 10.0 Å². The molecule has 0 atom stereocenters. The van der Waals surface area contributed by atoms with Gasteiger partial charge in [0.15, 0.2) is 6.61 Å². The van der Waals surface area contributed by atoms with Crippen LogP contribution in [-0.4, -0.2) is 23.2 Å². The van der Waals surface area contributed by atoms with Crippen LogP contribution in [-0.2, 0) is 11.3 Å². The highest BCUT2D eigenvalue weighted by molar-refractivity contribution is 9.10. The zero-order chi connectivity index (χ0) is 16.9. The number of esters is 1. The summed E-state index contributed by atoms with van der Waals surface area (Å²) >= 11 is 3.31. The Kier molecular flexibility index (Phi) is 4.90. The third kappa shape index (κ3) is 3.80. The number of carbonyl (C=O) groups is 1. The van der Waals surface area contributed by atoms with Crippen LogP contribution in [0.25, 0.3) is 11.4 Å². The van der Waals surface area contributed by atoms with Crippen LogP contribution in [0.5, 0.6) is 5.75 Å². The van der Waals surface area contributed by atoms with Crippen molar-refractivity contribution in [3.63, 3.8) is 0 Å². The Morgan fingerprint density at radius 1 is 1.21 bits per heavy atom. The number of ether oxygens (including phenoxy) is 2. The lowest BCUT2D eigenvalue weighted by atomic mass is 10.2. The molecule has 24 heavy (non-hydrogen) atoms. The van der Waals surface area contributed by atoms with Gasteiger partial charge in [-0.05, 0) is 36.4 Å². The monoisotopic (exact) mass is 388 g/mol. The highest BCUT2D eigenvalue weighted by Crippen LogP contribution is 2.21. The number of aromatic nitrogens is 2. The number of rotatable bonds is 5. The standard InChI is InChI=1S/C17H13BrN2O4/c1-22-14-4-2-3-12(9-14)16-19-15(24-20-16)10-23-17(21)11-5-7-13(18)8-6-11/h2-9H,10H2,1H3. The lowest BCUT2D eigenvalue weighted by Crippen LogP contribution is -2.05. The van der Waals surface area contributed by atoms with Gasteiger partial charge in [-0.1, -0.05) is 33.2 Å². The molecule has 7 heteroatoms. The minimum Gasteiger partial charge on any atom is -0.497 e. The van der Waals surface area contributed by atoms with E-state index in [4.69, 9.17) is 14.0 Å². The average molecular weight is 389 g/mol. The summed E-state index contributed by atoms with van der Waals surface area (Å²) in [5.41, 5.74) is 1.20. The fourth-order valence-corrected chi connectivity index (χ4v) is 2.25. The molecule has 0 aliphatic carbocycles. The van der Waals surface area contributed by atoms with Crippen LogP contribution >= 0.6 is 15.9 Å². The number of nitrogens with zero attached hydrogens (tertiary/aromatic N) is 2. The van der Waals surface area contributed by atoms with Crippen molar-refractivity contribution in [1.82, 2.24) is 10.1 Å². The molecule has 0 saturated carbocycles. The molecule has 122 valence electrons. The Morgan fingerprint density at radius 3 is 2.75 bits per heavy atom. The van der Waals surface area contributed by atoms with Gasteiger partial charge < -0.3 is 14.0 Å². The summed E-state index contributed by atoms with van der Waals surface area (Å²) in [6, 6.07) is 14.2. The van der Waals surface area contributed by atoms with Gasteiger partial charge in [0.05, 0.1) is 12.7 Å². The van der Waals surface area contributed by atoms with Crippen molar-refractivity contribution >= 4 is 21.9 Å². The van der Waals surface area contributed by atoms with Crippen LogP contribution < -0.4 is 4.74 Å². The summed E-state index contributed by atoms with van der Waals surface area (Å²) in [5, 5.41) is 3.88. The summed E-state index contributed by atoms with van der Waals surface area (Å²) in [5.74, 6) is 0.867. The van der Waals surface area contributed by atoms with Gasteiger partial charge in [0.25, 0.3) is 5.89 Å². The van der Waals surface area contributed by atoms with E-state index in [1.165, 1.54) is 0 Å². The first-order chi connectivity index (χ1) is 11.7. The van der Waals surface area contributed by atoms with Crippen LogP contribution in [0, 0.1) is 0 Å². The quantitative estimate of drug-likeness (QED) is 0.617. The lowest BCUT2D eigenvalue weighted by molar-refractivity contribution is 0.0430. The molecule has 1 aromatic heterocycles. The molecule has 0 aliphatic rings. The van der Waals surface area contributed by atoms with Gasteiger partial charge in [-0.25, -0.2) is 4.79 Å². The van der Waals surface area contributed by atoms with Crippen LogP contribution in [0.3, 0.4) is 0 Å². The molecule has 0 saturated heterocycles. The summed E-state index contributed by atoms with van der Waals surface area (Å²) in [7, 11) is 1.59. The molecule has 3 aromatic rings. The van der Waals surface area contributed by atoms with E-state index >= 15 is 0 Å². The van der Waals surface area contributed by atoms with Gasteiger partial charge >= 0.3 is 5.97 Å². The predicted octanol–water partition coefficient (Wildman–Crippen LogP) is 3.86. The van der Waals surface area contributed by atoms with Crippen LogP contribution in [0.2, 0.25) is 0 Å². The Labute approximate surface area is 146 Å². The Balaban J connectivity index is 1.65. The molecule has 0 radical (unpaired) electrons. The molecule has 0 bridgehead atoms. The molecule has 1 heterocycles. The second kappa shape index (κ2) is 7.27. The molecular weight excluding hydrogens is 376 g/mol. The second-order valence-electron chi connectivity index (χ2n) is 4.83. The van der Waals surface area contributed by atoms with Gasteiger partial charge in [-0.15, -0.1) is 0 Å². The number of carbonyl (C=O) groups excluding carboxylic acids is 1. The Bertz CT molecular complexity index is 846.